The minimum absolute atomic E-state index is 0.332. The largest absolute Gasteiger partial charge is 0.469 e. The van der Waals surface area contributed by atoms with Gasteiger partial charge in [0.2, 0.25) is 0 Å². The molecule has 0 spiro atoms. The second-order valence-corrected chi connectivity index (χ2v) is 3.97. The van der Waals surface area contributed by atoms with Gasteiger partial charge in [0.1, 0.15) is 5.76 Å². The van der Waals surface area contributed by atoms with E-state index in [9.17, 15) is 5.11 Å². The summed E-state index contributed by atoms with van der Waals surface area (Å²) in [6, 6.07) is 4.38. The topological polar surface area (TPSA) is 45.4 Å². The maximum absolute atomic E-state index is 9.67. The second kappa shape index (κ2) is 4.62. The molecule has 0 aromatic carbocycles. The number of furan rings is 1. The molecule has 0 radical (unpaired) electrons. The molecule has 3 heteroatoms. The van der Waals surface area contributed by atoms with Crippen molar-refractivity contribution in [1.29, 1.82) is 0 Å². The standard InChI is InChI=1S/C11H17NO2/c13-10(7-11-5-2-6-14-11)8-12-9-3-1-4-9/h2,5-6,9-10,12-13H,1,3-4,7-8H2. The van der Waals surface area contributed by atoms with Crippen molar-refractivity contribution >= 4 is 0 Å². The summed E-state index contributed by atoms with van der Waals surface area (Å²) in [6.07, 6.45) is 5.75. The fraction of sp³-hybridized carbons (Fsp3) is 0.636. The maximum Gasteiger partial charge on any atom is 0.106 e. The molecule has 2 N–H and O–H groups in total. The zero-order chi connectivity index (χ0) is 9.80. The lowest BCUT2D eigenvalue weighted by Gasteiger charge is -2.27. The van der Waals surface area contributed by atoms with Crippen molar-refractivity contribution in [3.05, 3.63) is 24.2 Å². The summed E-state index contributed by atoms with van der Waals surface area (Å²) in [6.45, 7) is 0.672. The van der Waals surface area contributed by atoms with Crippen LogP contribution in [0.1, 0.15) is 25.0 Å². The highest BCUT2D eigenvalue weighted by molar-refractivity contribution is 4.99. The highest BCUT2D eigenvalue weighted by atomic mass is 16.3. The first-order valence-corrected chi connectivity index (χ1v) is 5.28. The van der Waals surface area contributed by atoms with E-state index >= 15 is 0 Å². The van der Waals surface area contributed by atoms with Crippen LogP contribution in [-0.2, 0) is 6.42 Å². The van der Waals surface area contributed by atoms with Gasteiger partial charge in [-0.3, -0.25) is 0 Å². The first kappa shape index (κ1) is 9.74. The van der Waals surface area contributed by atoms with Crippen LogP contribution in [0.3, 0.4) is 0 Å². The van der Waals surface area contributed by atoms with Gasteiger partial charge in [-0.15, -0.1) is 0 Å². The van der Waals surface area contributed by atoms with Gasteiger partial charge in [0.05, 0.1) is 12.4 Å². The molecule has 1 aromatic heterocycles. The number of hydrogen-bond donors (Lipinski definition) is 2. The van der Waals surface area contributed by atoms with Crippen LogP contribution in [0.15, 0.2) is 22.8 Å². The van der Waals surface area contributed by atoms with E-state index in [0.29, 0.717) is 19.0 Å². The third-order valence-electron chi connectivity index (χ3n) is 2.76. The summed E-state index contributed by atoms with van der Waals surface area (Å²) in [5.74, 6) is 0.855. The van der Waals surface area contributed by atoms with E-state index < -0.39 is 0 Å². The molecule has 0 saturated heterocycles. The second-order valence-electron chi connectivity index (χ2n) is 3.97. The number of hydrogen-bond acceptors (Lipinski definition) is 3. The zero-order valence-electron chi connectivity index (χ0n) is 8.28. The molecule has 1 atom stereocenters. The van der Waals surface area contributed by atoms with Gasteiger partial charge in [0.25, 0.3) is 0 Å². The summed E-state index contributed by atoms with van der Waals surface area (Å²) >= 11 is 0. The average molecular weight is 195 g/mol. The molecule has 0 amide bonds. The smallest absolute Gasteiger partial charge is 0.106 e. The Labute approximate surface area is 84.1 Å². The van der Waals surface area contributed by atoms with Crippen molar-refractivity contribution in [1.82, 2.24) is 5.32 Å². The summed E-state index contributed by atoms with van der Waals surface area (Å²) in [5.41, 5.74) is 0. The molecule has 1 aliphatic rings. The molecule has 14 heavy (non-hydrogen) atoms. The third kappa shape index (κ3) is 2.59. The van der Waals surface area contributed by atoms with Crippen LogP contribution in [0.4, 0.5) is 0 Å². The predicted molar refractivity (Wildman–Crippen MR) is 54.1 cm³/mol. The van der Waals surface area contributed by atoms with Gasteiger partial charge < -0.3 is 14.8 Å². The van der Waals surface area contributed by atoms with E-state index in [1.165, 1.54) is 19.3 Å². The molecule has 1 aliphatic carbocycles. The van der Waals surface area contributed by atoms with Gasteiger partial charge in [0, 0.05) is 19.0 Å². The minimum Gasteiger partial charge on any atom is -0.469 e. The summed E-state index contributed by atoms with van der Waals surface area (Å²) in [4.78, 5) is 0. The van der Waals surface area contributed by atoms with E-state index in [0.717, 1.165) is 5.76 Å². The predicted octanol–water partition coefficient (Wildman–Crippen LogP) is 1.33. The van der Waals surface area contributed by atoms with Gasteiger partial charge in [-0.05, 0) is 25.0 Å². The SMILES string of the molecule is OC(CNC1CCC1)Cc1ccco1. The van der Waals surface area contributed by atoms with Crippen LogP contribution in [0.25, 0.3) is 0 Å². The van der Waals surface area contributed by atoms with Crippen molar-refractivity contribution in [3.63, 3.8) is 0 Å². The molecule has 2 rings (SSSR count). The fourth-order valence-electron chi connectivity index (χ4n) is 1.65. The number of aliphatic hydroxyl groups is 1. The van der Waals surface area contributed by atoms with Crippen LogP contribution in [0, 0.1) is 0 Å². The molecule has 0 bridgehead atoms. The van der Waals surface area contributed by atoms with Crippen molar-refractivity contribution in [3.8, 4) is 0 Å². The first-order chi connectivity index (χ1) is 6.84. The van der Waals surface area contributed by atoms with Gasteiger partial charge in [0.15, 0.2) is 0 Å². The van der Waals surface area contributed by atoms with Crippen molar-refractivity contribution < 1.29 is 9.52 Å². The number of aliphatic hydroxyl groups excluding tert-OH is 1. The van der Waals surface area contributed by atoms with Crippen molar-refractivity contribution in [2.75, 3.05) is 6.54 Å². The highest BCUT2D eigenvalue weighted by Crippen LogP contribution is 2.17. The van der Waals surface area contributed by atoms with Crippen LogP contribution >= 0.6 is 0 Å². The lowest BCUT2D eigenvalue weighted by atomic mass is 9.93. The van der Waals surface area contributed by atoms with Crippen LogP contribution in [0.5, 0.6) is 0 Å². The Bertz CT molecular complexity index is 254. The molecule has 1 heterocycles. The van der Waals surface area contributed by atoms with Crippen LogP contribution < -0.4 is 5.32 Å². The van der Waals surface area contributed by atoms with Crippen molar-refractivity contribution in [2.45, 2.75) is 37.8 Å². The molecule has 1 aromatic rings. The first-order valence-electron chi connectivity index (χ1n) is 5.28. The van der Waals surface area contributed by atoms with Crippen LogP contribution in [-0.4, -0.2) is 23.8 Å². The average Bonchev–Trinajstić information content (AvgIpc) is 2.54. The molecule has 3 nitrogen and oxygen atoms in total. The van der Waals surface area contributed by atoms with E-state index in [1.807, 2.05) is 12.1 Å². The minimum atomic E-state index is -0.332. The summed E-state index contributed by atoms with van der Waals surface area (Å²) < 4.78 is 5.16. The molecule has 1 saturated carbocycles. The Morgan fingerprint density at radius 1 is 1.57 bits per heavy atom. The Kier molecular flexibility index (Phi) is 3.22. The lowest BCUT2D eigenvalue weighted by Crippen LogP contribution is -2.40. The molecule has 1 unspecified atom stereocenters. The zero-order valence-corrected chi connectivity index (χ0v) is 8.28. The Morgan fingerprint density at radius 2 is 2.43 bits per heavy atom. The summed E-state index contributed by atoms with van der Waals surface area (Å²) in [5, 5.41) is 13.0. The highest BCUT2D eigenvalue weighted by Gasteiger charge is 2.17. The maximum atomic E-state index is 9.67. The van der Waals surface area contributed by atoms with Gasteiger partial charge >= 0.3 is 0 Å². The van der Waals surface area contributed by atoms with E-state index in [2.05, 4.69) is 5.32 Å². The van der Waals surface area contributed by atoms with E-state index in [-0.39, 0.29) is 6.10 Å². The molecule has 1 fully saturated rings. The molecule has 0 aliphatic heterocycles. The molecule has 78 valence electrons. The Hall–Kier alpha value is -0.800. The monoisotopic (exact) mass is 195 g/mol. The van der Waals surface area contributed by atoms with Crippen LogP contribution in [0.2, 0.25) is 0 Å². The molecular weight excluding hydrogens is 178 g/mol. The normalized spacial score (nSPS) is 19.2. The van der Waals surface area contributed by atoms with E-state index in [4.69, 9.17) is 4.42 Å². The van der Waals surface area contributed by atoms with E-state index in [1.54, 1.807) is 6.26 Å². The lowest BCUT2D eigenvalue weighted by molar-refractivity contribution is 0.153. The number of rotatable bonds is 5. The van der Waals surface area contributed by atoms with Crippen molar-refractivity contribution in [2.24, 2.45) is 0 Å². The quantitative estimate of drug-likeness (QED) is 0.745. The number of nitrogens with one attached hydrogen (secondary N) is 1. The summed E-state index contributed by atoms with van der Waals surface area (Å²) in [7, 11) is 0. The third-order valence-corrected chi connectivity index (χ3v) is 2.76. The van der Waals surface area contributed by atoms with Gasteiger partial charge in [-0.2, -0.15) is 0 Å². The molecular formula is C11H17NO2. The Balaban J connectivity index is 1.65. The van der Waals surface area contributed by atoms with Gasteiger partial charge in [-0.1, -0.05) is 6.42 Å². The van der Waals surface area contributed by atoms with Gasteiger partial charge in [-0.25, -0.2) is 0 Å². The Morgan fingerprint density at radius 3 is 3.00 bits per heavy atom. The fourth-order valence-corrected chi connectivity index (χ4v) is 1.65.